The van der Waals surface area contributed by atoms with Crippen LogP contribution in [0.3, 0.4) is 0 Å². The molecule has 39 heavy (non-hydrogen) atoms. The van der Waals surface area contributed by atoms with Crippen molar-refractivity contribution in [3.63, 3.8) is 0 Å². The number of fused-ring (bicyclic) bond motifs is 2. The Balaban J connectivity index is 1.71. The first-order chi connectivity index (χ1) is 18.5. The largest absolute Gasteiger partial charge is 0.507 e. The van der Waals surface area contributed by atoms with Crippen LogP contribution in [0.2, 0.25) is 0 Å². The number of para-hydroxylation sites is 1. The lowest BCUT2D eigenvalue weighted by atomic mass is 9.82. The zero-order chi connectivity index (χ0) is 28.1. The summed E-state index contributed by atoms with van der Waals surface area (Å²) in [5.41, 5.74) is -1.36. The molecule has 1 spiro atoms. The number of likely N-dealkylation sites (tertiary alicyclic amines) is 1. The first-order valence-corrected chi connectivity index (χ1v) is 14.0. The molecule has 5 rings (SSSR count). The van der Waals surface area contributed by atoms with Gasteiger partial charge < -0.3 is 24.5 Å². The van der Waals surface area contributed by atoms with E-state index in [0.29, 0.717) is 17.8 Å². The van der Waals surface area contributed by atoms with Gasteiger partial charge in [0.05, 0.1) is 23.7 Å². The average Bonchev–Trinajstić information content (AvgIpc) is 3.30. The number of carbonyl (C=O) groups is 3. The number of sulfonamides is 1. The summed E-state index contributed by atoms with van der Waals surface area (Å²) in [4.78, 5) is 45.4. The molecule has 2 aromatic rings. The molecule has 206 valence electrons. The molecular weight excluding hydrogens is 524 g/mol. The normalized spacial score (nSPS) is 23.3. The number of morpholine rings is 1. The number of rotatable bonds is 6. The Hall–Kier alpha value is -3.58. The second-order valence-electron chi connectivity index (χ2n) is 9.95. The van der Waals surface area contributed by atoms with Crippen LogP contribution in [-0.4, -0.2) is 106 Å². The Morgan fingerprint density at radius 1 is 1.05 bits per heavy atom. The Bertz CT molecular complexity index is 1500. The van der Waals surface area contributed by atoms with Gasteiger partial charge in [0.15, 0.2) is 5.54 Å². The van der Waals surface area contributed by atoms with Crippen LogP contribution < -0.4 is 4.90 Å². The summed E-state index contributed by atoms with van der Waals surface area (Å²) < 4.78 is 33.1. The quantitative estimate of drug-likeness (QED) is 0.316. The Morgan fingerprint density at radius 3 is 2.44 bits per heavy atom. The second-order valence-corrected chi connectivity index (χ2v) is 11.9. The van der Waals surface area contributed by atoms with E-state index in [1.807, 2.05) is 4.90 Å². The van der Waals surface area contributed by atoms with Crippen LogP contribution in [-0.2, 0) is 34.7 Å². The maximum atomic E-state index is 14.0. The van der Waals surface area contributed by atoms with Crippen LogP contribution in [0.5, 0.6) is 0 Å². The van der Waals surface area contributed by atoms with Gasteiger partial charge in [-0.05, 0) is 32.3 Å². The van der Waals surface area contributed by atoms with Gasteiger partial charge in [0.2, 0.25) is 10.0 Å². The molecule has 2 fully saturated rings. The fraction of sp³-hybridized carbons (Fsp3) is 0.370. The van der Waals surface area contributed by atoms with Crippen LogP contribution in [0.1, 0.15) is 11.1 Å². The van der Waals surface area contributed by atoms with Crippen molar-refractivity contribution in [2.45, 2.75) is 10.4 Å². The van der Waals surface area contributed by atoms with Crippen molar-refractivity contribution >= 4 is 39.1 Å². The number of anilines is 1. The van der Waals surface area contributed by atoms with Crippen LogP contribution in [0.4, 0.5) is 5.69 Å². The molecule has 0 saturated carbocycles. The van der Waals surface area contributed by atoms with Gasteiger partial charge in [0, 0.05) is 50.0 Å². The third-order valence-corrected chi connectivity index (χ3v) is 9.32. The van der Waals surface area contributed by atoms with E-state index in [9.17, 15) is 27.9 Å². The SMILES string of the molecule is CN(C)CCN1C(=O)C(=O)C(=C(O)c2cccc(S(=O)(=O)N3CCOCC3)c2)[C@]12C(=O)N(C)c1ccccc12. The highest BCUT2D eigenvalue weighted by atomic mass is 32.2. The maximum Gasteiger partial charge on any atom is 0.296 e. The number of carbonyl (C=O) groups excluding carboxylic acids is 3. The molecule has 0 radical (unpaired) electrons. The summed E-state index contributed by atoms with van der Waals surface area (Å²) in [6.07, 6.45) is 0. The fourth-order valence-corrected chi connectivity index (χ4v) is 6.91. The lowest BCUT2D eigenvalue weighted by Crippen LogP contribution is -2.52. The number of nitrogens with zero attached hydrogens (tertiary/aromatic N) is 4. The number of ketones is 1. The zero-order valence-electron chi connectivity index (χ0n) is 22.0. The number of aliphatic hydroxyl groups excluding tert-OH is 1. The molecule has 11 nitrogen and oxygen atoms in total. The van der Waals surface area contributed by atoms with Gasteiger partial charge in [-0.25, -0.2) is 8.42 Å². The van der Waals surface area contributed by atoms with Gasteiger partial charge in [-0.15, -0.1) is 0 Å². The molecule has 0 unspecified atom stereocenters. The maximum absolute atomic E-state index is 14.0. The minimum Gasteiger partial charge on any atom is -0.507 e. The van der Waals surface area contributed by atoms with Crippen molar-refractivity contribution in [1.82, 2.24) is 14.1 Å². The van der Waals surface area contributed by atoms with Crippen molar-refractivity contribution in [1.29, 1.82) is 0 Å². The summed E-state index contributed by atoms with van der Waals surface area (Å²) in [6.45, 7) is 1.33. The van der Waals surface area contributed by atoms with E-state index in [-0.39, 0.29) is 48.9 Å². The molecule has 0 bridgehead atoms. The fourth-order valence-electron chi connectivity index (χ4n) is 5.46. The third kappa shape index (κ3) is 4.06. The van der Waals surface area contributed by atoms with Crippen LogP contribution in [0, 0.1) is 0 Å². The summed E-state index contributed by atoms with van der Waals surface area (Å²) in [5, 5.41) is 11.6. The molecule has 12 heteroatoms. The van der Waals surface area contributed by atoms with Crippen molar-refractivity contribution < 1.29 is 32.6 Å². The number of benzene rings is 2. The monoisotopic (exact) mass is 554 g/mol. The van der Waals surface area contributed by atoms with E-state index in [4.69, 9.17) is 4.74 Å². The van der Waals surface area contributed by atoms with Gasteiger partial charge in [-0.1, -0.05) is 30.3 Å². The highest BCUT2D eigenvalue weighted by Crippen LogP contribution is 2.53. The van der Waals surface area contributed by atoms with Gasteiger partial charge >= 0.3 is 0 Å². The summed E-state index contributed by atoms with van der Waals surface area (Å²) in [6, 6.07) is 12.4. The molecule has 0 aliphatic carbocycles. The smallest absolute Gasteiger partial charge is 0.296 e. The van der Waals surface area contributed by atoms with Gasteiger partial charge in [0.1, 0.15) is 5.76 Å². The number of ether oxygens (including phenoxy) is 1. The van der Waals surface area contributed by atoms with Gasteiger partial charge in [-0.2, -0.15) is 4.31 Å². The Morgan fingerprint density at radius 2 is 1.74 bits per heavy atom. The molecule has 0 aromatic heterocycles. The van der Waals surface area contributed by atoms with Crippen LogP contribution >= 0.6 is 0 Å². The average molecular weight is 555 g/mol. The van der Waals surface area contributed by atoms with E-state index in [1.165, 1.54) is 38.4 Å². The van der Waals surface area contributed by atoms with Crippen molar-refractivity contribution in [3.05, 3.63) is 65.2 Å². The van der Waals surface area contributed by atoms with Crippen LogP contribution in [0.25, 0.3) is 5.76 Å². The van der Waals surface area contributed by atoms with E-state index in [0.717, 1.165) is 0 Å². The number of Topliss-reactive ketones (excluding diaryl/α,β-unsaturated/α-hetero) is 1. The molecule has 3 heterocycles. The second kappa shape index (κ2) is 9.87. The first kappa shape index (κ1) is 27.0. The molecule has 2 aromatic carbocycles. The third-order valence-electron chi connectivity index (χ3n) is 7.43. The standard InChI is InChI=1S/C27H30N4O7S/c1-28(2)11-12-31-25(34)24(33)22(27(31)20-9-4-5-10-21(20)29(3)26(27)35)23(32)18-7-6-8-19(17-18)39(36,37)30-13-15-38-16-14-30/h4-10,17,32H,11-16H2,1-3H3/t27-/m1/s1. The minimum atomic E-state index is -3.91. The number of likely N-dealkylation sites (N-methyl/N-ethyl adjacent to an activating group) is 2. The Labute approximate surface area is 226 Å². The molecule has 2 amide bonds. The topological polar surface area (TPSA) is 128 Å². The molecule has 3 aliphatic rings. The van der Waals surface area contributed by atoms with Gasteiger partial charge in [0.25, 0.3) is 17.6 Å². The van der Waals surface area contributed by atoms with E-state index in [2.05, 4.69) is 0 Å². The van der Waals surface area contributed by atoms with E-state index < -0.39 is 38.9 Å². The van der Waals surface area contributed by atoms with E-state index >= 15 is 0 Å². The van der Waals surface area contributed by atoms with Crippen molar-refractivity contribution in [2.75, 3.05) is 65.4 Å². The predicted molar refractivity (Wildman–Crippen MR) is 142 cm³/mol. The van der Waals surface area contributed by atoms with Crippen molar-refractivity contribution in [2.24, 2.45) is 0 Å². The molecule has 1 N–H and O–H groups in total. The molecule has 2 saturated heterocycles. The summed E-state index contributed by atoms with van der Waals surface area (Å²) in [7, 11) is 1.25. The van der Waals surface area contributed by atoms with Gasteiger partial charge in [-0.3, -0.25) is 14.4 Å². The molecule has 3 aliphatic heterocycles. The highest BCUT2D eigenvalue weighted by molar-refractivity contribution is 7.89. The number of amides is 2. The molecule has 1 atom stereocenters. The Kier molecular flexibility index (Phi) is 6.83. The summed E-state index contributed by atoms with van der Waals surface area (Å²) in [5.74, 6) is -3.08. The van der Waals surface area contributed by atoms with E-state index in [1.54, 1.807) is 45.4 Å². The predicted octanol–water partition coefficient (Wildman–Crippen LogP) is 0.821. The van der Waals surface area contributed by atoms with Crippen molar-refractivity contribution in [3.8, 4) is 0 Å². The molecular formula is C27H30N4O7S. The lowest BCUT2D eigenvalue weighted by Gasteiger charge is -2.34. The zero-order valence-corrected chi connectivity index (χ0v) is 22.8. The summed E-state index contributed by atoms with van der Waals surface area (Å²) >= 11 is 0. The number of hydrogen-bond donors (Lipinski definition) is 1. The van der Waals surface area contributed by atoms with Crippen LogP contribution in [0.15, 0.2) is 59.0 Å². The lowest BCUT2D eigenvalue weighted by molar-refractivity contribution is -0.143. The minimum absolute atomic E-state index is 0.00848. The highest BCUT2D eigenvalue weighted by Gasteiger charge is 2.66. The first-order valence-electron chi connectivity index (χ1n) is 12.5. The number of hydrogen-bond acceptors (Lipinski definition) is 8. The number of aliphatic hydroxyl groups is 1.